The van der Waals surface area contributed by atoms with Crippen molar-refractivity contribution < 1.29 is 22.7 Å². The molecule has 1 aromatic rings. The second-order valence-corrected chi connectivity index (χ2v) is 6.39. The molecule has 0 aromatic heterocycles. The molecule has 1 aliphatic heterocycles. The number of benzene rings is 1. The molecule has 2 atom stereocenters. The van der Waals surface area contributed by atoms with E-state index in [0.29, 0.717) is 5.56 Å². The number of carboxylic acid groups (broad SMARTS) is 1. The van der Waals surface area contributed by atoms with Crippen LogP contribution in [0, 0.1) is 5.82 Å². The van der Waals surface area contributed by atoms with Crippen LogP contribution in [0.25, 0.3) is 0 Å². The van der Waals surface area contributed by atoms with Gasteiger partial charge in [-0.25, -0.2) is 12.8 Å². The maximum absolute atomic E-state index is 12.8. The van der Waals surface area contributed by atoms with E-state index in [1.807, 2.05) is 0 Å². The van der Waals surface area contributed by atoms with Gasteiger partial charge in [-0.15, -0.1) is 0 Å². The molecule has 0 amide bonds. The predicted octanol–water partition coefficient (Wildman–Crippen LogP) is 0.338. The lowest BCUT2D eigenvalue weighted by Gasteiger charge is -2.28. The third-order valence-corrected chi connectivity index (χ3v) is 4.50. The third kappa shape index (κ3) is 2.85. The van der Waals surface area contributed by atoms with Crippen molar-refractivity contribution in [3.63, 3.8) is 0 Å². The topological polar surface area (TPSA) is 83.5 Å². The molecule has 2 N–H and O–H groups in total. The number of nitrogens with one attached hydrogen (secondary N) is 1. The summed E-state index contributed by atoms with van der Waals surface area (Å²) in [5, 5.41) is 11.6. The fraction of sp³-hybridized carbons (Fsp3) is 0.364. The highest BCUT2D eigenvalue weighted by Crippen LogP contribution is 2.21. The molecule has 98 valence electrons. The first-order chi connectivity index (χ1) is 8.37. The van der Waals surface area contributed by atoms with Crippen molar-refractivity contribution >= 4 is 15.8 Å². The Bertz CT molecular complexity index is 555. The molecule has 0 spiro atoms. The minimum absolute atomic E-state index is 0.178. The molecule has 5 nitrogen and oxygen atoms in total. The van der Waals surface area contributed by atoms with E-state index in [1.54, 1.807) is 0 Å². The molecule has 0 radical (unpaired) electrons. The van der Waals surface area contributed by atoms with Gasteiger partial charge in [0.05, 0.1) is 11.5 Å². The molecule has 0 bridgehead atoms. The summed E-state index contributed by atoms with van der Waals surface area (Å²) in [6, 6.07) is 3.59. The van der Waals surface area contributed by atoms with Gasteiger partial charge >= 0.3 is 5.97 Å². The zero-order chi connectivity index (χ0) is 13.3. The standard InChI is InChI=1S/C11H12FNO4S/c12-8-3-1-7(2-4-8)9-5-18(16,17)6-10(13-9)11(14)15/h1-4,9-10,13H,5-6H2,(H,14,15). The van der Waals surface area contributed by atoms with E-state index in [0.717, 1.165) is 0 Å². The number of rotatable bonds is 2. The summed E-state index contributed by atoms with van der Waals surface area (Å²) in [6.45, 7) is 0. The minimum Gasteiger partial charge on any atom is -0.480 e. The van der Waals surface area contributed by atoms with E-state index in [1.165, 1.54) is 24.3 Å². The van der Waals surface area contributed by atoms with Gasteiger partial charge in [0.15, 0.2) is 9.84 Å². The molecule has 1 fully saturated rings. The number of carbonyl (C=O) groups is 1. The number of aliphatic carboxylic acids is 1. The van der Waals surface area contributed by atoms with Crippen molar-refractivity contribution in [1.29, 1.82) is 0 Å². The predicted molar refractivity (Wildman–Crippen MR) is 62.4 cm³/mol. The lowest BCUT2D eigenvalue weighted by atomic mass is 10.1. The first-order valence-electron chi connectivity index (χ1n) is 5.32. The maximum Gasteiger partial charge on any atom is 0.321 e. The normalized spacial score (nSPS) is 26.7. The van der Waals surface area contributed by atoms with Crippen LogP contribution in [-0.4, -0.2) is 37.0 Å². The van der Waals surface area contributed by atoms with Gasteiger partial charge in [0.25, 0.3) is 0 Å². The Morgan fingerprint density at radius 1 is 1.28 bits per heavy atom. The van der Waals surface area contributed by atoms with Gasteiger partial charge in [0.2, 0.25) is 0 Å². The Kier molecular flexibility index (Phi) is 3.36. The second kappa shape index (κ2) is 4.66. The fourth-order valence-electron chi connectivity index (χ4n) is 1.95. The minimum atomic E-state index is -3.42. The quantitative estimate of drug-likeness (QED) is 0.811. The average Bonchev–Trinajstić information content (AvgIpc) is 2.27. The van der Waals surface area contributed by atoms with Gasteiger partial charge in [-0.2, -0.15) is 0 Å². The Labute approximate surface area is 104 Å². The Hall–Kier alpha value is -1.47. The number of hydrogen-bond donors (Lipinski definition) is 2. The number of sulfone groups is 1. The van der Waals surface area contributed by atoms with Crippen LogP contribution in [0.5, 0.6) is 0 Å². The zero-order valence-corrected chi connectivity index (χ0v) is 10.2. The van der Waals surface area contributed by atoms with E-state index < -0.39 is 39.5 Å². The van der Waals surface area contributed by atoms with Gasteiger partial charge < -0.3 is 5.11 Å². The van der Waals surface area contributed by atoms with E-state index in [4.69, 9.17) is 5.11 Å². The van der Waals surface area contributed by atoms with Gasteiger partial charge in [0.1, 0.15) is 11.9 Å². The fourth-order valence-corrected chi connectivity index (χ4v) is 3.62. The highest BCUT2D eigenvalue weighted by molar-refractivity contribution is 7.91. The van der Waals surface area contributed by atoms with Crippen LogP contribution in [0.1, 0.15) is 11.6 Å². The van der Waals surface area contributed by atoms with Crippen LogP contribution < -0.4 is 5.32 Å². The number of hydrogen-bond acceptors (Lipinski definition) is 4. The monoisotopic (exact) mass is 273 g/mol. The summed E-state index contributed by atoms with van der Waals surface area (Å²) in [6.07, 6.45) is 0. The summed E-state index contributed by atoms with van der Waals surface area (Å²) in [4.78, 5) is 10.9. The molecule has 2 unspecified atom stereocenters. The highest BCUT2D eigenvalue weighted by atomic mass is 32.2. The van der Waals surface area contributed by atoms with Crippen molar-refractivity contribution in [2.45, 2.75) is 12.1 Å². The first kappa shape index (κ1) is 13.0. The molecule has 0 aliphatic carbocycles. The molecule has 1 heterocycles. The Balaban J connectivity index is 2.27. The molecular formula is C11H12FNO4S. The van der Waals surface area contributed by atoms with Crippen molar-refractivity contribution in [2.75, 3.05) is 11.5 Å². The summed E-state index contributed by atoms with van der Waals surface area (Å²) in [7, 11) is -3.42. The number of halogens is 1. The van der Waals surface area contributed by atoms with Crippen molar-refractivity contribution in [2.24, 2.45) is 0 Å². The zero-order valence-electron chi connectivity index (χ0n) is 9.34. The lowest BCUT2D eigenvalue weighted by molar-refractivity contribution is -0.139. The lowest BCUT2D eigenvalue weighted by Crippen LogP contribution is -2.51. The van der Waals surface area contributed by atoms with Crippen molar-refractivity contribution in [3.05, 3.63) is 35.6 Å². The highest BCUT2D eigenvalue weighted by Gasteiger charge is 2.35. The summed E-state index contributed by atoms with van der Waals surface area (Å²) >= 11 is 0. The van der Waals surface area contributed by atoms with Gasteiger partial charge in [0, 0.05) is 6.04 Å². The van der Waals surface area contributed by atoms with Crippen molar-refractivity contribution in [3.8, 4) is 0 Å². The van der Waals surface area contributed by atoms with Crippen LogP contribution in [0.15, 0.2) is 24.3 Å². The Morgan fingerprint density at radius 2 is 1.89 bits per heavy atom. The Morgan fingerprint density at radius 3 is 2.44 bits per heavy atom. The van der Waals surface area contributed by atoms with E-state index in [9.17, 15) is 17.6 Å². The van der Waals surface area contributed by atoms with E-state index in [-0.39, 0.29) is 5.75 Å². The molecule has 0 saturated carbocycles. The molecule has 1 saturated heterocycles. The first-order valence-corrected chi connectivity index (χ1v) is 7.14. The smallest absolute Gasteiger partial charge is 0.321 e. The third-order valence-electron chi connectivity index (χ3n) is 2.81. The summed E-state index contributed by atoms with van der Waals surface area (Å²) in [5.74, 6) is -2.22. The summed E-state index contributed by atoms with van der Waals surface area (Å²) < 4.78 is 36.1. The van der Waals surface area contributed by atoms with Crippen LogP contribution in [0.3, 0.4) is 0 Å². The van der Waals surface area contributed by atoms with Crippen LogP contribution in [0.4, 0.5) is 4.39 Å². The largest absolute Gasteiger partial charge is 0.480 e. The van der Waals surface area contributed by atoms with Crippen LogP contribution in [0.2, 0.25) is 0 Å². The SMILES string of the molecule is O=C(O)C1CS(=O)(=O)CC(c2ccc(F)cc2)N1. The van der Waals surface area contributed by atoms with Gasteiger partial charge in [-0.05, 0) is 17.7 Å². The molecule has 1 aliphatic rings. The van der Waals surface area contributed by atoms with Crippen molar-refractivity contribution in [1.82, 2.24) is 5.32 Å². The van der Waals surface area contributed by atoms with Crippen LogP contribution >= 0.6 is 0 Å². The molecule has 18 heavy (non-hydrogen) atoms. The van der Waals surface area contributed by atoms with E-state index >= 15 is 0 Å². The molecular weight excluding hydrogens is 261 g/mol. The molecule has 7 heteroatoms. The van der Waals surface area contributed by atoms with Gasteiger partial charge in [-0.1, -0.05) is 12.1 Å². The molecule has 1 aromatic carbocycles. The van der Waals surface area contributed by atoms with E-state index in [2.05, 4.69) is 5.32 Å². The summed E-state index contributed by atoms with van der Waals surface area (Å²) in [5.41, 5.74) is 0.561. The van der Waals surface area contributed by atoms with Gasteiger partial charge in [-0.3, -0.25) is 10.1 Å². The number of carboxylic acids is 1. The maximum atomic E-state index is 12.8. The molecule has 2 rings (SSSR count). The second-order valence-electron chi connectivity index (χ2n) is 4.24. The van der Waals surface area contributed by atoms with Crippen LogP contribution in [-0.2, 0) is 14.6 Å². The average molecular weight is 273 g/mol.